The van der Waals surface area contributed by atoms with E-state index in [1.807, 2.05) is 42.5 Å². The first kappa shape index (κ1) is 15.7. The first-order valence-corrected chi connectivity index (χ1v) is 7.54. The van der Waals surface area contributed by atoms with E-state index in [0.717, 1.165) is 11.3 Å². The van der Waals surface area contributed by atoms with Crippen LogP contribution < -0.4 is 10.1 Å². The van der Waals surface area contributed by atoms with Crippen molar-refractivity contribution < 1.29 is 9.53 Å². The van der Waals surface area contributed by atoms with Gasteiger partial charge >= 0.3 is 0 Å². The Hall–Kier alpha value is -3.22. The maximum Gasteiger partial charge on any atom is 0.261 e. The highest BCUT2D eigenvalue weighted by Gasteiger charge is 2.14. The predicted molar refractivity (Wildman–Crippen MR) is 87.5 cm³/mol. The largest absolute Gasteiger partial charge is 0.481 e. The fraction of sp³-hybridized carbons (Fsp3) is 0.176. The molecule has 0 aliphatic rings. The molecule has 0 aliphatic carbocycles. The first-order chi connectivity index (χ1) is 11.7. The minimum Gasteiger partial charge on any atom is -0.481 e. The van der Waals surface area contributed by atoms with Gasteiger partial charge in [-0.15, -0.1) is 5.10 Å². The molecule has 0 spiro atoms. The molecule has 1 N–H and O–H groups in total. The van der Waals surface area contributed by atoms with Gasteiger partial charge in [0.1, 0.15) is 12.1 Å². The van der Waals surface area contributed by atoms with E-state index in [2.05, 4.69) is 20.8 Å². The van der Waals surface area contributed by atoms with Crippen molar-refractivity contribution in [2.75, 3.05) is 0 Å². The summed E-state index contributed by atoms with van der Waals surface area (Å²) in [6.07, 6.45) is 0.919. The fourth-order valence-electron chi connectivity index (χ4n) is 2.14. The normalized spacial score (nSPS) is 11.7. The number of hydrogen-bond donors (Lipinski definition) is 1. The molecule has 1 heterocycles. The van der Waals surface area contributed by atoms with Crippen LogP contribution in [0.2, 0.25) is 0 Å². The minimum absolute atomic E-state index is 0.164. The van der Waals surface area contributed by atoms with Crippen LogP contribution in [0.5, 0.6) is 5.75 Å². The highest BCUT2D eigenvalue weighted by molar-refractivity contribution is 5.80. The average Bonchev–Trinajstić information content (AvgIpc) is 3.16. The standard InChI is InChI=1S/C17H17N5O2/c1-13(17(23)18-11-14-5-3-2-4-6-14)24-16-9-7-15(8-10-16)22-12-19-20-21-22/h2-10,12-13H,11H2,1H3,(H,18,23)/t13-/m0/s1. The lowest BCUT2D eigenvalue weighted by molar-refractivity contribution is -0.127. The molecule has 122 valence electrons. The first-order valence-electron chi connectivity index (χ1n) is 7.54. The highest BCUT2D eigenvalue weighted by Crippen LogP contribution is 2.15. The molecule has 0 radical (unpaired) electrons. The van der Waals surface area contributed by atoms with Crippen molar-refractivity contribution in [3.63, 3.8) is 0 Å². The van der Waals surface area contributed by atoms with E-state index in [0.29, 0.717) is 12.3 Å². The summed E-state index contributed by atoms with van der Waals surface area (Å²) in [6.45, 7) is 2.20. The van der Waals surface area contributed by atoms with Crippen LogP contribution >= 0.6 is 0 Å². The minimum atomic E-state index is -0.590. The van der Waals surface area contributed by atoms with Crippen molar-refractivity contribution in [2.24, 2.45) is 0 Å². The third kappa shape index (κ3) is 3.95. The Morgan fingerprint density at radius 3 is 2.58 bits per heavy atom. The molecule has 1 atom stereocenters. The van der Waals surface area contributed by atoms with Crippen LogP contribution in [0.4, 0.5) is 0 Å². The van der Waals surface area contributed by atoms with Gasteiger partial charge in [0.25, 0.3) is 5.91 Å². The van der Waals surface area contributed by atoms with Gasteiger partial charge in [-0.2, -0.15) is 0 Å². The summed E-state index contributed by atoms with van der Waals surface area (Å²) in [5, 5.41) is 13.8. The molecule has 0 fully saturated rings. The van der Waals surface area contributed by atoms with E-state index in [4.69, 9.17) is 4.74 Å². The van der Waals surface area contributed by atoms with E-state index in [1.165, 1.54) is 6.33 Å². The zero-order valence-corrected chi connectivity index (χ0v) is 13.2. The number of amides is 1. The summed E-state index contributed by atoms with van der Waals surface area (Å²) in [5.74, 6) is 0.442. The molecule has 1 aromatic heterocycles. The topological polar surface area (TPSA) is 81.9 Å². The van der Waals surface area contributed by atoms with Crippen LogP contribution in [-0.4, -0.2) is 32.2 Å². The van der Waals surface area contributed by atoms with Gasteiger partial charge in [-0.3, -0.25) is 4.79 Å². The lowest BCUT2D eigenvalue weighted by atomic mass is 10.2. The van der Waals surface area contributed by atoms with Gasteiger partial charge in [0.2, 0.25) is 0 Å². The van der Waals surface area contributed by atoms with Crippen LogP contribution in [0.15, 0.2) is 60.9 Å². The molecule has 7 heteroatoms. The monoisotopic (exact) mass is 323 g/mol. The summed E-state index contributed by atoms with van der Waals surface area (Å²) in [4.78, 5) is 12.1. The summed E-state index contributed by atoms with van der Waals surface area (Å²) in [6, 6.07) is 16.9. The summed E-state index contributed by atoms with van der Waals surface area (Å²) < 4.78 is 7.21. The number of hydrogen-bond acceptors (Lipinski definition) is 5. The smallest absolute Gasteiger partial charge is 0.261 e. The second-order valence-electron chi connectivity index (χ2n) is 5.21. The molecule has 0 aliphatic heterocycles. The maximum absolute atomic E-state index is 12.1. The van der Waals surface area contributed by atoms with Crippen molar-refractivity contribution in [3.8, 4) is 11.4 Å². The molecule has 1 amide bonds. The van der Waals surface area contributed by atoms with Crippen molar-refractivity contribution >= 4 is 5.91 Å². The van der Waals surface area contributed by atoms with Crippen molar-refractivity contribution in [1.82, 2.24) is 25.5 Å². The van der Waals surface area contributed by atoms with Crippen molar-refractivity contribution in [3.05, 3.63) is 66.5 Å². The molecule has 7 nitrogen and oxygen atoms in total. The van der Waals surface area contributed by atoms with Gasteiger partial charge in [0.05, 0.1) is 5.69 Å². The molecular weight excluding hydrogens is 306 g/mol. The van der Waals surface area contributed by atoms with E-state index in [-0.39, 0.29) is 5.91 Å². The van der Waals surface area contributed by atoms with Crippen LogP contribution in [0.25, 0.3) is 5.69 Å². The van der Waals surface area contributed by atoms with E-state index in [9.17, 15) is 4.79 Å². The van der Waals surface area contributed by atoms with Gasteiger partial charge in [0, 0.05) is 6.54 Å². The second kappa shape index (κ2) is 7.36. The molecule has 2 aromatic carbocycles. The third-order valence-corrected chi connectivity index (χ3v) is 3.44. The van der Waals surface area contributed by atoms with Crippen molar-refractivity contribution in [2.45, 2.75) is 19.6 Å². The zero-order valence-electron chi connectivity index (χ0n) is 13.2. The van der Waals surface area contributed by atoms with Crippen molar-refractivity contribution in [1.29, 1.82) is 0 Å². The summed E-state index contributed by atoms with van der Waals surface area (Å²) >= 11 is 0. The fourth-order valence-corrected chi connectivity index (χ4v) is 2.14. The number of carbonyl (C=O) groups is 1. The third-order valence-electron chi connectivity index (χ3n) is 3.44. The number of aromatic nitrogens is 4. The molecular formula is C17H17N5O2. The number of rotatable bonds is 6. The van der Waals surface area contributed by atoms with Crippen LogP contribution in [-0.2, 0) is 11.3 Å². The SMILES string of the molecule is C[C@H](Oc1ccc(-n2cnnn2)cc1)C(=O)NCc1ccccc1. The summed E-state index contributed by atoms with van der Waals surface area (Å²) in [5.41, 5.74) is 1.86. The van der Waals surface area contributed by atoms with Crippen LogP contribution in [0.3, 0.4) is 0 Å². The van der Waals surface area contributed by atoms with Gasteiger partial charge in [-0.05, 0) is 47.2 Å². The zero-order chi connectivity index (χ0) is 16.8. The quantitative estimate of drug-likeness (QED) is 0.747. The molecule has 0 unspecified atom stereocenters. The molecule has 0 saturated carbocycles. The van der Waals surface area contributed by atoms with Crippen LogP contribution in [0, 0.1) is 0 Å². The van der Waals surface area contributed by atoms with Gasteiger partial charge in [-0.1, -0.05) is 30.3 Å². The number of carbonyl (C=O) groups excluding carboxylic acids is 1. The van der Waals surface area contributed by atoms with Gasteiger partial charge in [-0.25, -0.2) is 4.68 Å². The van der Waals surface area contributed by atoms with Crippen LogP contribution in [0.1, 0.15) is 12.5 Å². The molecule has 3 aromatic rings. The summed E-state index contributed by atoms with van der Waals surface area (Å²) in [7, 11) is 0. The number of nitrogens with one attached hydrogen (secondary N) is 1. The van der Waals surface area contributed by atoms with E-state index in [1.54, 1.807) is 23.7 Å². The average molecular weight is 323 g/mol. The number of nitrogens with zero attached hydrogens (tertiary/aromatic N) is 4. The highest BCUT2D eigenvalue weighted by atomic mass is 16.5. The molecule has 0 bridgehead atoms. The Kier molecular flexibility index (Phi) is 4.81. The Bertz CT molecular complexity index is 773. The maximum atomic E-state index is 12.1. The Labute approximate surface area is 139 Å². The number of benzene rings is 2. The van der Waals surface area contributed by atoms with Gasteiger partial charge in [0.15, 0.2) is 6.10 Å². The Balaban J connectivity index is 1.54. The number of tetrazole rings is 1. The van der Waals surface area contributed by atoms with E-state index < -0.39 is 6.10 Å². The molecule has 3 rings (SSSR count). The Morgan fingerprint density at radius 2 is 1.92 bits per heavy atom. The molecule has 0 saturated heterocycles. The lowest BCUT2D eigenvalue weighted by Crippen LogP contribution is -2.35. The van der Waals surface area contributed by atoms with Gasteiger partial charge < -0.3 is 10.1 Å². The predicted octanol–water partition coefficient (Wildman–Crippen LogP) is 1.75. The van der Waals surface area contributed by atoms with E-state index >= 15 is 0 Å². The Morgan fingerprint density at radius 1 is 1.17 bits per heavy atom. The lowest BCUT2D eigenvalue weighted by Gasteiger charge is -2.15. The number of ether oxygens (including phenoxy) is 1. The molecule has 24 heavy (non-hydrogen) atoms. The second-order valence-corrected chi connectivity index (χ2v) is 5.21.